The van der Waals surface area contributed by atoms with Gasteiger partial charge in [0.2, 0.25) is 0 Å². The number of aliphatic hydroxyl groups is 4. The molecular weight excluding hydrogens is 162 g/mol. The van der Waals surface area contributed by atoms with Crippen LogP contribution in [-0.4, -0.2) is 51.4 Å². The lowest BCUT2D eigenvalue weighted by Gasteiger charge is -2.38. The molecule has 5 atom stereocenters. The summed E-state index contributed by atoms with van der Waals surface area (Å²) >= 11 is 0. The van der Waals surface area contributed by atoms with Gasteiger partial charge in [-0.25, -0.2) is 0 Å². The van der Waals surface area contributed by atoms with Gasteiger partial charge in [-0.15, -0.1) is 0 Å². The van der Waals surface area contributed by atoms with Crippen molar-refractivity contribution in [3.05, 3.63) is 0 Å². The van der Waals surface area contributed by atoms with Crippen LogP contribution < -0.4 is 5.73 Å². The van der Waals surface area contributed by atoms with Crippen LogP contribution in [-0.2, 0) is 0 Å². The Morgan fingerprint density at radius 3 is 2.25 bits per heavy atom. The van der Waals surface area contributed by atoms with Gasteiger partial charge >= 0.3 is 0 Å². The molecule has 1 rings (SSSR count). The van der Waals surface area contributed by atoms with E-state index in [2.05, 4.69) is 0 Å². The Morgan fingerprint density at radius 1 is 1.17 bits per heavy atom. The molecule has 0 aromatic carbocycles. The van der Waals surface area contributed by atoms with E-state index in [0.29, 0.717) is 0 Å². The monoisotopic (exact) mass is 177 g/mol. The average molecular weight is 177 g/mol. The number of hydrogen-bond acceptors (Lipinski definition) is 5. The third kappa shape index (κ3) is 1.60. The summed E-state index contributed by atoms with van der Waals surface area (Å²) in [4.78, 5) is 0. The first-order valence-corrected chi connectivity index (χ1v) is 3.98. The van der Waals surface area contributed by atoms with Crippen LogP contribution in [0.1, 0.15) is 6.42 Å². The second-order valence-electron chi connectivity index (χ2n) is 3.29. The van der Waals surface area contributed by atoms with Crippen LogP contribution >= 0.6 is 0 Å². The fourth-order valence-electron chi connectivity index (χ4n) is 1.57. The van der Waals surface area contributed by atoms with E-state index in [-0.39, 0.29) is 13.0 Å². The van der Waals surface area contributed by atoms with E-state index in [1.165, 1.54) is 0 Å². The summed E-state index contributed by atoms with van der Waals surface area (Å²) in [6, 6.07) is -0.455. The quantitative estimate of drug-likeness (QED) is 0.302. The Labute approximate surface area is 70.4 Å². The summed E-state index contributed by atoms with van der Waals surface area (Å²) in [7, 11) is 0. The molecule has 0 radical (unpaired) electrons. The summed E-state index contributed by atoms with van der Waals surface area (Å²) in [5, 5.41) is 36.5. The molecule has 12 heavy (non-hydrogen) atoms. The van der Waals surface area contributed by atoms with Gasteiger partial charge in [0.15, 0.2) is 0 Å². The van der Waals surface area contributed by atoms with Crippen molar-refractivity contribution in [2.75, 3.05) is 6.61 Å². The van der Waals surface area contributed by atoms with Gasteiger partial charge in [-0.05, 0) is 6.42 Å². The maximum Gasteiger partial charge on any atom is 0.106 e. The van der Waals surface area contributed by atoms with Gasteiger partial charge in [-0.1, -0.05) is 0 Å². The lowest BCUT2D eigenvalue weighted by atomic mass is 9.80. The average Bonchev–Trinajstić information content (AvgIpc) is 2.01. The summed E-state index contributed by atoms with van der Waals surface area (Å²) in [6.07, 6.45) is -3.10. The smallest absolute Gasteiger partial charge is 0.106 e. The molecule has 0 amide bonds. The molecule has 0 aromatic heterocycles. The molecule has 72 valence electrons. The third-order valence-corrected chi connectivity index (χ3v) is 2.46. The topological polar surface area (TPSA) is 107 Å². The second kappa shape index (κ2) is 3.68. The van der Waals surface area contributed by atoms with E-state index in [4.69, 9.17) is 15.9 Å². The van der Waals surface area contributed by atoms with E-state index >= 15 is 0 Å². The predicted octanol–water partition coefficient (Wildman–Crippen LogP) is -2.59. The molecule has 0 unspecified atom stereocenters. The van der Waals surface area contributed by atoms with Gasteiger partial charge in [-0.2, -0.15) is 0 Å². The van der Waals surface area contributed by atoms with Crippen molar-refractivity contribution in [3.8, 4) is 0 Å². The van der Waals surface area contributed by atoms with Crippen LogP contribution in [0.2, 0.25) is 0 Å². The zero-order valence-corrected chi connectivity index (χ0v) is 6.67. The van der Waals surface area contributed by atoms with Crippen molar-refractivity contribution in [2.45, 2.75) is 30.8 Å². The largest absolute Gasteiger partial charge is 0.396 e. The van der Waals surface area contributed by atoms with Crippen molar-refractivity contribution in [2.24, 2.45) is 11.7 Å². The Balaban J connectivity index is 2.65. The first kappa shape index (κ1) is 9.88. The zero-order valence-electron chi connectivity index (χ0n) is 6.67. The van der Waals surface area contributed by atoms with Crippen LogP contribution in [0, 0.1) is 5.92 Å². The predicted molar refractivity (Wildman–Crippen MR) is 41.2 cm³/mol. The highest BCUT2D eigenvalue weighted by atomic mass is 16.4. The van der Waals surface area contributed by atoms with Crippen LogP contribution in [0.3, 0.4) is 0 Å². The van der Waals surface area contributed by atoms with Crippen molar-refractivity contribution in [1.82, 2.24) is 0 Å². The molecule has 0 spiro atoms. The van der Waals surface area contributed by atoms with E-state index < -0.39 is 30.3 Å². The van der Waals surface area contributed by atoms with Gasteiger partial charge in [0, 0.05) is 18.6 Å². The van der Waals surface area contributed by atoms with E-state index in [9.17, 15) is 10.2 Å². The van der Waals surface area contributed by atoms with Gasteiger partial charge in [0.1, 0.15) is 6.10 Å². The van der Waals surface area contributed by atoms with Crippen LogP contribution in [0.15, 0.2) is 0 Å². The molecule has 1 fully saturated rings. The van der Waals surface area contributed by atoms with Crippen LogP contribution in [0.4, 0.5) is 0 Å². The minimum absolute atomic E-state index is 0.212. The summed E-state index contributed by atoms with van der Waals surface area (Å²) < 4.78 is 0. The van der Waals surface area contributed by atoms with E-state index in [0.717, 1.165) is 0 Å². The molecule has 0 heterocycles. The van der Waals surface area contributed by atoms with Crippen LogP contribution in [0.5, 0.6) is 0 Å². The lowest BCUT2D eigenvalue weighted by molar-refractivity contribution is -0.124. The Kier molecular flexibility index (Phi) is 3.03. The Morgan fingerprint density at radius 2 is 1.75 bits per heavy atom. The molecule has 0 aliphatic heterocycles. The summed E-state index contributed by atoms with van der Waals surface area (Å²) in [5.74, 6) is -0.539. The van der Waals surface area contributed by atoms with Gasteiger partial charge < -0.3 is 26.2 Å². The molecule has 1 aliphatic carbocycles. The highest BCUT2D eigenvalue weighted by Gasteiger charge is 2.40. The van der Waals surface area contributed by atoms with Crippen molar-refractivity contribution < 1.29 is 20.4 Å². The van der Waals surface area contributed by atoms with E-state index in [1.54, 1.807) is 0 Å². The zero-order chi connectivity index (χ0) is 9.30. The first-order chi connectivity index (χ1) is 5.57. The molecule has 5 heteroatoms. The fourth-order valence-corrected chi connectivity index (χ4v) is 1.57. The molecule has 6 N–H and O–H groups in total. The number of nitrogens with two attached hydrogens (primary N) is 1. The number of rotatable bonds is 1. The first-order valence-electron chi connectivity index (χ1n) is 3.98. The van der Waals surface area contributed by atoms with Crippen molar-refractivity contribution in [3.63, 3.8) is 0 Å². The van der Waals surface area contributed by atoms with E-state index in [1.807, 2.05) is 0 Å². The highest BCUT2D eigenvalue weighted by Crippen LogP contribution is 2.23. The molecule has 0 aromatic rings. The lowest BCUT2D eigenvalue weighted by Crippen LogP contribution is -2.56. The SMILES string of the molecule is N[C@H]1C[C@@H](O)[C@@H](O)[C@H](O)[C@H]1CO. The minimum atomic E-state index is -1.19. The summed E-state index contributed by atoms with van der Waals surface area (Å²) in [6.45, 7) is -0.272. The van der Waals surface area contributed by atoms with Gasteiger partial charge in [-0.3, -0.25) is 0 Å². The molecule has 0 saturated heterocycles. The highest BCUT2D eigenvalue weighted by molar-refractivity contribution is 4.93. The van der Waals surface area contributed by atoms with Crippen molar-refractivity contribution in [1.29, 1.82) is 0 Å². The Bertz CT molecular complexity index is 154. The van der Waals surface area contributed by atoms with Gasteiger partial charge in [0.25, 0.3) is 0 Å². The molecule has 5 nitrogen and oxygen atoms in total. The maximum absolute atomic E-state index is 9.33. The molecule has 1 aliphatic rings. The standard InChI is InChI=1S/C7H15NO4/c8-4-1-5(10)7(12)6(11)3(4)2-9/h3-7,9-12H,1-2,8H2/t3-,4-,5+,6+,7+/m0/s1. The number of aliphatic hydroxyl groups excluding tert-OH is 4. The maximum atomic E-state index is 9.33. The molecule has 1 saturated carbocycles. The second-order valence-corrected chi connectivity index (χ2v) is 3.29. The number of hydrogen-bond donors (Lipinski definition) is 5. The fraction of sp³-hybridized carbons (Fsp3) is 1.00. The third-order valence-electron chi connectivity index (χ3n) is 2.46. The van der Waals surface area contributed by atoms with Gasteiger partial charge in [0.05, 0.1) is 12.2 Å². The normalized spacial score (nSPS) is 49.2. The minimum Gasteiger partial charge on any atom is -0.396 e. The molecular formula is C7H15NO4. The molecule has 0 bridgehead atoms. The van der Waals surface area contributed by atoms with Crippen LogP contribution in [0.25, 0.3) is 0 Å². The van der Waals surface area contributed by atoms with Crippen molar-refractivity contribution >= 4 is 0 Å². The summed E-state index contributed by atoms with van der Waals surface area (Å²) in [5.41, 5.74) is 5.54. The Hall–Kier alpha value is -0.200.